The quantitative estimate of drug-likeness (QED) is 0.160. The van der Waals surface area contributed by atoms with Gasteiger partial charge in [0.1, 0.15) is 0 Å². The normalized spacial score (nSPS) is 10.6. The highest BCUT2D eigenvalue weighted by molar-refractivity contribution is 5.06. The topological polar surface area (TPSA) is 0 Å². The molecule has 0 aromatic carbocycles. The number of hydrogen-bond acceptors (Lipinski definition) is 0. The molecule has 0 aromatic rings. The molecular weight excluding hydrogens is 324 g/mol. The first kappa shape index (κ1) is 31.0. The molecule has 0 saturated heterocycles. The van der Waals surface area contributed by atoms with Gasteiger partial charge in [0.2, 0.25) is 0 Å². The van der Waals surface area contributed by atoms with Gasteiger partial charge in [-0.3, -0.25) is 0 Å². The highest BCUT2D eigenvalue weighted by Gasteiger charge is 2.05. The highest BCUT2D eigenvalue weighted by Crippen LogP contribution is 2.21. The highest BCUT2D eigenvalue weighted by atomic mass is 14.1. The monoisotopic (exact) mass is 378 g/mol. The standard InChI is InChI=1S/C16H28.C7H16.C4H10/c1-6-8-9-10-11-12-16(7-2)13-15(5)14(3)4;1-3-5-7-6-4-2;1-3-4-2/h15H,2-3,6,8-13H2,1,4-5H3;3-7H2,1-2H3;3-4H2,1-2H3. The van der Waals surface area contributed by atoms with Gasteiger partial charge >= 0.3 is 0 Å². The van der Waals surface area contributed by atoms with Crippen molar-refractivity contribution in [2.45, 2.75) is 138 Å². The molecule has 162 valence electrons. The molecule has 0 fully saturated rings. The van der Waals surface area contributed by atoms with Crippen molar-refractivity contribution in [1.29, 1.82) is 0 Å². The molecule has 27 heavy (non-hydrogen) atoms. The van der Waals surface area contributed by atoms with Crippen LogP contribution in [0.4, 0.5) is 0 Å². The molecule has 0 rings (SSSR count). The Labute approximate surface area is 174 Å². The van der Waals surface area contributed by atoms with Crippen LogP contribution in [0.2, 0.25) is 0 Å². The number of unbranched alkanes of at least 4 members (excludes halogenated alkanes) is 9. The predicted octanol–water partition coefficient (Wildman–Crippen LogP) is 10.4. The van der Waals surface area contributed by atoms with E-state index in [0.29, 0.717) is 5.92 Å². The van der Waals surface area contributed by atoms with Crippen LogP contribution >= 0.6 is 0 Å². The van der Waals surface area contributed by atoms with Gasteiger partial charge in [0.25, 0.3) is 0 Å². The first-order chi connectivity index (χ1) is 12.9. The minimum absolute atomic E-state index is 0.569. The van der Waals surface area contributed by atoms with Crippen LogP contribution in [0, 0.1) is 5.92 Å². The van der Waals surface area contributed by atoms with Crippen molar-refractivity contribution in [3.05, 3.63) is 30.0 Å². The lowest BCUT2D eigenvalue weighted by Gasteiger charge is -2.12. The van der Waals surface area contributed by atoms with E-state index in [2.05, 4.69) is 67.4 Å². The Morgan fingerprint density at radius 3 is 1.44 bits per heavy atom. The fraction of sp³-hybridized carbons (Fsp3) is 0.815. The SMILES string of the molecule is C=C=C(CCCCCCC)CC(C)C(=C)C.CCCC.CCCCCCC. The fourth-order valence-corrected chi connectivity index (χ4v) is 2.43. The van der Waals surface area contributed by atoms with Crippen LogP contribution < -0.4 is 0 Å². The van der Waals surface area contributed by atoms with Crippen molar-refractivity contribution in [1.82, 2.24) is 0 Å². The number of hydrogen-bond donors (Lipinski definition) is 0. The van der Waals surface area contributed by atoms with Gasteiger partial charge in [-0.2, -0.15) is 0 Å². The van der Waals surface area contributed by atoms with E-state index in [0.717, 1.165) is 6.42 Å². The van der Waals surface area contributed by atoms with Crippen molar-refractivity contribution in [2.24, 2.45) is 5.92 Å². The molecule has 0 N–H and O–H groups in total. The van der Waals surface area contributed by atoms with E-state index in [1.54, 1.807) is 0 Å². The molecule has 0 aliphatic rings. The molecule has 0 nitrogen and oxygen atoms in total. The van der Waals surface area contributed by atoms with Crippen LogP contribution in [0.3, 0.4) is 0 Å². The minimum Gasteiger partial charge on any atom is -0.130 e. The Bertz CT molecular complexity index is 324. The Morgan fingerprint density at radius 1 is 0.704 bits per heavy atom. The van der Waals surface area contributed by atoms with Crippen molar-refractivity contribution in [2.75, 3.05) is 0 Å². The summed E-state index contributed by atoms with van der Waals surface area (Å²) < 4.78 is 0. The van der Waals surface area contributed by atoms with Gasteiger partial charge in [-0.25, -0.2) is 0 Å². The van der Waals surface area contributed by atoms with Gasteiger partial charge in [0.05, 0.1) is 0 Å². The summed E-state index contributed by atoms with van der Waals surface area (Å²) in [5.74, 6) is 0.569. The second kappa shape index (κ2) is 27.5. The lowest BCUT2D eigenvalue weighted by atomic mass is 9.93. The molecule has 0 heterocycles. The Balaban J connectivity index is -0.000000431. The number of allylic oxidation sites excluding steroid dienone is 2. The molecular formula is C27H54. The van der Waals surface area contributed by atoms with E-state index in [4.69, 9.17) is 0 Å². The van der Waals surface area contributed by atoms with Crippen LogP contribution in [0.25, 0.3) is 0 Å². The molecule has 1 atom stereocenters. The lowest BCUT2D eigenvalue weighted by molar-refractivity contribution is 0.601. The number of rotatable bonds is 14. The maximum atomic E-state index is 4.00. The molecule has 0 bridgehead atoms. The summed E-state index contributed by atoms with van der Waals surface area (Å²) in [7, 11) is 0. The van der Waals surface area contributed by atoms with Gasteiger partial charge in [0.15, 0.2) is 0 Å². The van der Waals surface area contributed by atoms with Gasteiger partial charge in [0, 0.05) is 0 Å². The molecule has 1 unspecified atom stereocenters. The minimum atomic E-state index is 0.569. The molecule has 0 aromatic heterocycles. The van der Waals surface area contributed by atoms with E-state index in [9.17, 15) is 0 Å². The van der Waals surface area contributed by atoms with E-state index in [1.165, 1.54) is 94.6 Å². The van der Waals surface area contributed by atoms with Crippen LogP contribution in [-0.4, -0.2) is 0 Å². The Kier molecular flexibility index (Phi) is 31.5. The van der Waals surface area contributed by atoms with Gasteiger partial charge in [-0.15, -0.1) is 5.73 Å². The predicted molar refractivity (Wildman–Crippen MR) is 130 cm³/mol. The molecule has 0 aliphatic carbocycles. The third-order valence-corrected chi connectivity index (χ3v) is 4.93. The Hall–Kier alpha value is -0.740. The van der Waals surface area contributed by atoms with E-state index >= 15 is 0 Å². The lowest BCUT2D eigenvalue weighted by Crippen LogP contribution is -1.97. The largest absolute Gasteiger partial charge is 0.130 e. The van der Waals surface area contributed by atoms with Crippen LogP contribution in [0.15, 0.2) is 30.0 Å². The molecule has 0 heteroatoms. The summed E-state index contributed by atoms with van der Waals surface area (Å²) in [5.41, 5.74) is 5.75. The zero-order chi connectivity index (χ0) is 21.3. The third-order valence-electron chi connectivity index (χ3n) is 4.93. The summed E-state index contributed by atoms with van der Waals surface area (Å²) in [6.07, 6.45) is 18.6. The second-order valence-corrected chi connectivity index (χ2v) is 7.96. The van der Waals surface area contributed by atoms with Crippen molar-refractivity contribution < 1.29 is 0 Å². The first-order valence-corrected chi connectivity index (χ1v) is 12.0. The van der Waals surface area contributed by atoms with Gasteiger partial charge in [-0.1, -0.05) is 131 Å². The third kappa shape index (κ3) is 30.2. The average Bonchev–Trinajstić information content (AvgIpc) is 2.67. The molecule has 0 aliphatic heterocycles. The van der Waals surface area contributed by atoms with E-state index in [-0.39, 0.29) is 0 Å². The van der Waals surface area contributed by atoms with Crippen LogP contribution in [0.5, 0.6) is 0 Å². The molecule has 0 spiro atoms. The zero-order valence-corrected chi connectivity index (χ0v) is 20.4. The maximum absolute atomic E-state index is 4.00. The second-order valence-electron chi connectivity index (χ2n) is 7.96. The summed E-state index contributed by atoms with van der Waals surface area (Å²) in [5, 5.41) is 0. The summed E-state index contributed by atoms with van der Waals surface area (Å²) >= 11 is 0. The van der Waals surface area contributed by atoms with Crippen LogP contribution in [-0.2, 0) is 0 Å². The maximum Gasteiger partial charge on any atom is -0.0181 e. The van der Waals surface area contributed by atoms with Crippen LogP contribution in [0.1, 0.15) is 138 Å². The van der Waals surface area contributed by atoms with Gasteiger partial charge in [-0.05, 0) is 37.7 Å². The van der Waals surface area contributed by atoms with Crippen molar-refractivity contribution in [3.8, 4) is 0 Å². The van der Waals surface area contributed by atoms with Crippen molar-refractivity contribution in [3.63, 3.8) is 0 Å². The summed E-state index contributed by atoms with van der Waals surface area (Å²) in [6, 6.07) is 0. The molecule has 0 saturated carbocycles. The summed E-state index contributed by atoms with van der Waals surface area (Å²) in [4.78, 5) is 0. The first-order valence-electron chi connectivity index (χ1n) is 12.0. The van der Waals surface area contributed by atoms with E-state index < -0.39 is 0 Å². The van der Waals surface area contributed by atoms with E-state index in [1.807, 2.05) is 0 Å². The zero-order valence-electron chi connectivity index (χ0n) is 20.4. The average molecular weight is 379 g/mol. The Morgan fingerprint density at radius 2 is 1.11 bits per heavy atom. The molecule has 0 amide bonds. The van der Waals surface area contributed by atoms with Gasteiger partial charge < -0.3 is 0 Å². The smallest absolute Gasteiger partial charge is 0.0181 e. The summed E-state index contributed by atoms with van der Waals surface area (Å²) in [6.45, 7) is 23.2. The molecule has 0 radical (unpaired) electrons. The fourth-order valence-electron chi connectivity index (χ4n) is 2.43. The van der Waals surface area contributed by atoms with Crippen molar-refractivity contribution >= 4 is 0 Å².